The highest BCUT2D eigenvalue weighted by atomic mass is 32.2. The summed E-state index contributed by atoms with van der Waals surface area (Å²) in [5.74, 6) is 0. The first-order valence-corrected chi connectivity index (χ1v) is 8.88. The topological polar surface area (TPSA) is 58.2 Å². The Kier molecular flexibility index (Phi) is 5.55. The second-order valence-corrected chi connectivity index (χ2v) is 8.24. The smallest absolute Gasteiger partial charge is 0.242 e. The molecule has 0 atom stereocenters. The van der Waals surface area contributed by atoms with Gasteiger partial charge in [0.05, 0.1) is 4.90 Å². The first-order valence-electron chi connectivity index (χ1n) is 6.51. The van der Waals surface area contributed by atoms with Crippen LogP contribution in [0.15, 0.2) is 16.3 Å². The van der Waals surface area contributed by atoms with E-state index in [-0.39, 0.29) is 0 Å². The Balaban J connectivity index is 2.93. The van der Waals surface area contributed by atoms with Gasteiger partial charge in [0.1, 0.15) is 0 Å². The molecule has 0 unspecified atom stereocenters. The van der Waals surface area contributed by atoms with Crippen molar-refractivity contribution >= 4 is 21.4 Å². The lowest BCUT2D eigenvalue weighted by Gasteiger charge is -2.24. The van der Waals surface area contributed by atoms with Crippen LogP contribution in [0.2, 0.25) is 0 Å². The van der Waals surface area contributed by atoms with Crippen LogP contribution in [0.5, 0.6) is 0 Å². The maximum absolute atomic E-state index is 12.4. The molecule has 0 saturated heterocycles. The number of hydrogen-bond acceptors (Lipinski definition) is 4. The molecular formula is C13H24N2O2S2. The highest BCUT2D eigenvalue weighted by Crippen LogP contribution is 2.24. The summed E-state index contributed by atoms with van der Waals surface area (Å²) >= 11 is 1.47. The third-order valence-corrected chi connectivity index (χ3v) is 5.79. The molecule has 1 heterocycles. The van der Waals surface area contributed by atoms with E-state index in [2.05, 4.69) is 10.0 Å². The fourth-order valence-electron chi connectivity index (χ4n) is 1.48. The number of nitrogens with one attached hydrogen (secondary N) is 2. The number of thiophene rings is 1. The quantitative estimate of drug-likeness (QED) is 0.814. The minimum Gasteiger partial charge on any atom is -0.310 e. The van der Waals surface area contributed by atoms with Crippen LogP contribution in [-0.2, 0) is 16.6 Å². The maximum atomic E-state index is 12.4. The fourth-order valence-corrected chi connectivity index (χ4v) is 4.36. The SMILES string of the molecule is CCC(C)(C)NS(=O)(=O)c1ccsc1CNC(C)C. The van der Waals surface area contributed by atoms with E-state index < -0.39 is 15.6 Å². The van der Waals surface area contributed by atoms with Crippen LogP contribution in [0.1, 0.15) is 45.9 Å². The number of sulfonamides is 1. The highest BCUT2D eigenvalue weighted by molar-refractivity contribution is 7.89. The predicted octanol–water partition coefficient (Wildman–Crippen LogP) is 2.71. The summed E-state index contributed by atoms with van der Waals surface area (Å²) in [6.07, 6.45) is 0.746. The summed E-state index contributed by atoms with van der Waals surface area (Å²) in [6.45, 7) is 10.4. The largest absolute Gasteiger partial charge is 0.310 e. The van der Waals surface area contributed by atoms with E-state index in [1.807, 2.05) is 40.0 Å². The van der Waals surface area contributed by atoms with Crippen molar-refractivity contribution in [2.45, 2.75) is 64.1 Å². The van der Waals surface area contributed by atoms with Gasteiger partial charge in [-0.3, -0.25) is 0 Å². The van der Waals surface area contributed by atoms with Gasteiger partial charge in [0, 0.05) is 23.0 Å². The Hall–Kier alpha value is -0.430. The van der Waals surface area contributed by atoms with Crippen molar-refractivity contribution in [3.63, 3.8) is 0 Å². The van der Waals surface area contributed by atoms with Crippen LogP contribution in [0.4, 0.5) is 0 Å². The van der Waals surface area contributed by atoms with Gasteiger partial charge in [0.25, 0.3) is 0 Å². The van der Waals surface area contributed by atoms with Gasteiger partial charge in [-0.1, -0.05) is 20.8 Å². The monoisotopic (exact) mass is 304 g/mol. The molecule has 1 aromatic rings. The molecule has 1 aromatic heterocycles. The Morgan fingerprint density at radius 1 is 1.37 bits per heavy atom. The van der Waals surface area contributed by atoms with Gasteiger partial charge >= 0.3 is 0 Å². The van der Waals surface area contributed by atoms with Crippen molar-refractivity contribution in [3.8, 4) is 0 Å². The lowest BCUT2D eigenvalue weighted by molar-refractivity contribution is 0.439. The van der Waals surface area contributed by atoms with Crippen molar-refractivity contribution in [3.05, 3.63) is 16.3 Å². The van der Waals surface area contributed by atoms with Crippen molar-refractivity contribution in [1.82, 2.24) is 10.0 Å². The van der Waals surface area contributed by atoms with Gasteiger partial charge in [-0.05, 0) is 31.7 Å². The maximum Gasteiger partial charge on any atom is 0.242 e. The molecule has 0 radical (unpaired) electrons. The van der Waals surface area contributed by atoms with Crippen molar-refractivity contribution in [2.24, 2.45) is 0 Å². The van der Waals surface area contributed by atoms with E-state index in [0.29, 0.717) is 17.5 Å². The number of rotatable bonds is 7. The molecule has 1 rings (SSSR count). The third kappa shape index (κ3) is 4.87. The van der Waals surface area contributed by atoms with Crippen molar-refractivity contribution in [2.75, 3.05) is 0 Å². The molecule has 19 heavy (non-hydrogen) atoms. The van der Waals surface area contributed by atoms with E-state index in [9.17, 15) is 8.42 Å². The lowest BCUT2D eigenvalue weighted by Crippen LogP contribution is -2.42. The Bertz CT molecular complexity index is 504. The van der Waals surface area contributed by atoms with Gasteiger partial charge in [-0.25, -0.2) is 13.1 Å². The summed E-state index contributed by atoms with van der Waals surface area (Å²) in [7, 11) is -3.44. The molecule has 0 aliphatic heterocycles. The molecule has 110 valence electrons. The Morgan fingerprint density at radius 3 is 2.53 bits per heavy atom. The molecule has 0 spiro atoms. The highest BCUT2D eigenvalue weighted by Gasteiger charge is 2.27. The first-order chi connectivity index (χ1) is 8.68. The third-order valence-electron chi connectivity index (χ3n) is 2.96. The summed E-state index contributed by atoms with van der Waals surface area (Å²) < 4.78 is 27.6. The van der Waals surface area contributed by atoms with Crippen LogP contribution in [-0.4, -0.2) is 20.0 Å². The minimum atomic E-state index is -3.44. The van der Waals surface area contributed by atoms with E-state index in [1.165, 1.54) is 11.3 Å². The second kappa shape index (κ2) is 6.35. The second-order valence-electron chi connectivity index (χ2n) is 5.59. The van der Waals surface area contributed by atoms with Gasteiger partial charge in [-0.15, -0.1) is 11.3 Å². The van der Waals surface area contributed by atoms with Gasteiger partial charge in [0.2, 0.25) is 10.0 Å². The van der Waals surface area contributed by atoms with Crippen molar-refractivity contribution in [1.29, 1.82) is 0 Å². The normalized spacial score (nSPS) is 13.2. The summed E-state index contributed by atoms with van der Waals surface area (Å²) in [5, 5.41) is 5.08. The van der Waals surface area contributed by atoms with E-state index in [0.717, 1.165) is 11.3 Å². The number of hydrogen-bond donors (Lipinski definition) is 2. The Labute approximate surface area is 120 Å². The van der Waals surface area contributed by atoms with Crippen LogP contribution in [0.25, 0.3) is 0 Å². The zero-order valence-corrected chi connectivity index (χ0v) is 13.9. The molecule has 0 fully saturated rings. The molecule has 0 saturated carbocycles. The molecule has 6 heteroatoms. The van der Waals surface area contributed by atoms with Gasteiger partial charge < -0.3 is 5.32 Å². The average Bonchev–Trinajstić information content (AvgIpc) is 2.74. The first kappa shape index (κ1) is 16.6. The summed E-state index contributed by atoms with van der Waals surface area (Å²) in [6, 6.07) is 2.01. The summed E-state index contributed by atoms with van der Waals surface area (Å²) in [4.78, 5) is 1.25. The lowest BCUT2D eigenvalue weighted by atomic mass is 10.0. The minimum absolute atomic E-state index is 0.331. The van der Waals surface area contributed by atoms with Crippen LogP contribution in [0.3, 0.4) is 0 Å². The van der Waals surface area contributed by atoms with Crippen LogP contribution < -0.4 is 10.0 Å². The van der Waals surface area contributed by atoms with Crippen LogP contribution in [0, 0.1) is 0 Å². The van der Waals surface area contributed by atoms with Crippen LogP contribution >= 0.6 is 11.3 Å². The van der Waals surface area contributed by atoms with Gasteiger partial charge in [0.15, 0.2) is 0 Å². The molecule has 0 aromatic carbocycles. The van der Waals surface area contributed by atoms with E-state index in [4.69, 9.17) is 0 Å². The fraction of sp³-hybridized carbons (Fsp3) is 0.692. The standard InChI is InChI=1S/C13H24N2O2S2/c1-6-13(4,5)15-19(16,17)12-7-8-18-11(12)9-14-10(2)3/h7-8,10,14-15H,6,9H2,1-5H3. The Morgan fingerprint density at radius 2 is 2.00 bits per heavy atom. The molecule has 0 aliphatic rings. The molecule has 4 nitrogen and oxygen atoms in total. The zero-order chi connectivity index (χ0) is 14.7. The molecule has 2 N–H and O–H groups in total. The predicted molar refractivity (Wildman–Crippen MR) is 81.0 cm³/mol. The average molecular weight is 304 g/mol. The van der Waals surface area contributed by atoms with E-state index >= 15 is 0 Å². The molecule has 0 amide bonds. The van der Waals surface area contributed by atoms with Gasteiger partial charge in [-0.2, -0.15) is 0 Å². The molecule has 0 bridgehead atoms. The molecular weight excluding hydrogens is 280 g/mol. The van der Waals surface area contributed by atoms with E-state index in [1.54, 1.807) is 6.07 Å². The molecule has 0 aliphatic carbocycles. The summed E-state index contributed by atoms with van der Waals surface area (Å²) in [5.41, 5.74) is -0.427. The van der Waals surface area contributed by atoms with Crippen molar-refractivity contribution < 1.29 is 8.42 Å². The zero-order valence-electron chi connectivity index (χ0n) is 12.3.